The van der Waals surface area contributed by atoms with E-state index in [0.29, 0.717) is 21.8 Å². The average molecular weight is 415 g/mol. The van der Waals surface area contributed by atoms with Crippen molar-refractivity contribution in [3.05, 3.63) is 64.7 Å². The zero-order valence-electron chi connectivity index (χ0n) is 15.7. The molecule has 1 aliphatic heterocycles. The zero-order valence-corrected chi connectivity index (χ0v) is 16.4. The highest BCUT2D eigenvalue weighted by molar-refractivity contribution is 6.30. The van der Waals surface area contributed by atoms with E-state index in [2.05, 4.69) is 5.32 Å². The summed E-state index contributed by atoms with van der Waals surface area (Å²) in [6, 6.07) is 13.1. The third kappa shape index (κ3) is 4.81. The molecule has 3 rings (SSSR count). The molecule has 0 saturated carbocycles. The summed E-state index contributed by atoms with van der Waals surface area (Å²) in [5.74, 6) is -1.79. The second-order valence-electron chi connectivity index (χ2n) is 6.54. The van der Waals surface area contributed by atoms with Gasteiger partial charge in [-0.2, -0.15) is 0 Å². The molecule has 8 heteroatoms. The van der Waals surface area contributed by atoms with E-state index in [9.17, 15) is 19.2 Å². The molecule has 3 amide bonds. The molecule has 0 aliphatic carbocycles. The lowest BCUT2D eigenvalue weighted by atomic mass is 10.1. The van der Waals surface area contributed by atoms with E-state index >= 15 is 0 Å². The summed E-state index contributed by atoms with van der Waals surface area (Å²) < 4.78 is 5.12. The standard InChI is InChI=1S/C21H19ClN2O5/c1-13(19(26)23-15-10-8-14(22)9-11-15)29-18(25)7-4-12-24-20(27)16-5-2-3-6-17(16)21(24)28/h2-3,5-6,8-11,13H,4,7,12H2,1H3,(H,23,26). The van der Waals surface area contributed by atoms with E-state index in [1.165, 1.54) is 6.92 Å². The normalized spacial score (nSPS) is 13.8. The number of anilines is 1. The maximum Gasteiger partial charge on any atom is 0.306 e. The molecule has 2 aromatic carbocycles. The fourth-order valence-corrected chi connectivity index (χ4v) is 3.04. The number of hydrogen-bond acceptors (Lipinski definition) is 5. The van der Waals surface area contributed by atoms with E-state index in [1.54, 1.807) is 48.5 Å². The molecule has 0 saturated heterocycles. The predicted molar refractivity (Wildman–Crippen MR) is 107 cm³/mol. The number of nitrogens with one attached hydrogen (secondary N) is 1. The fourth-order valence-electron chi connectivity index (χ4n) is 2.91. The van der Waals surface area contributed by atoms with Crippen molar-refractivity contribution >= 4 is 41.0 Å². The predicted octanol–water partition coefficient (Wildman–Crippen LogP) is 3.29. The number of hydrogen-bond donors (Lipinski definition) is 1. The number of benzene rings is 2. The molecule has 1 atom stereocenters. The van der Waals surface area contributed by atoms with Crippen LogP contribution < -0.4 is 5.32 Å². The van der Waals surface area contributed by atoms with E-state index in [4.69, 9.17) is 16.3 Å². The van der Waals surface area contributed by atoms with Gasteiger partial charge in [-0.05, 0) is 49.7 Å². The van der Waals surface area contributed by atoms with E-state index in [-0.39, 0.29) is 31.2 Å². The number of imide groups is 1. The van der Waals surface area contributed by atoms with Crippen molar-refractivity contribution in [1.29, 1.82) is 0 Å². The second-order valence-corrected chi connectivity index (χ2v) is 6.98. The van der Waals surface area contributed by atoms with Crippen molar-refractivity contribution < 1.29 is 23.9 Å². The first-order chi connectivity index (χ1) is 13.9. The van der Waals surface area contributed by atoms with Crippen LogP contribution >= 0.6 is 11.6 Å². The molecule has 0 fully saturated rings. The molecule has 2 aromatic rings. The third-order valence-electron chi connectivity index (χ3n) is 4.43. The Bertz CT molecular complexity index is 923. The highest BCUT2D eigenvalue weighted by Crippen LogP contribution is 2.22. The SMILES string of the molecule is CC(OC(=O)CCCN1C(=O)c2ccccc2C1=O)C(=O)Nc1ccc(Cl)cc1. The van der Waals surface area contributed by atoms with Crippen LogP contribution in [0, 0.1) is 0 Å². The summed E-state index contributed by atoms with van der Waals surface area (Å²) in [4.78, 5) is 49.8. The average Bonchev–Trinajstić information content (AvgIpc) is 2.95. The van der Waals surface area contributed by atoms with Gasteiger partial charge < -0.3 is 10.1 Å². The molecule has 1 unspecified atom stereocenters. The molecular formula is C21H19ClN2O5. The Morgan fingerprint density at radius 1 is 1.03 bits per heavy atom. The van der Waals surface area contributed by atoms with Gasteiger partial charge in [-0.3, -0.25) is 24.1 Å². The number of rotatable bonds is 7. The van der Waals surface area contributed by atoms with Crippen LogP contribution in [0.5, 0.6) is 0 Å². The Morgan fingerprint density at radius 2 is 1.62 bits per heavy atom. The number of nitrogens with zero attached hydrogens (tertiary/aromatic N) is 1. The Morgan fingerprint density at radius 3 is 2.21 bits per heavy atom. The molecule has 1 aliphatic rings. The van der Waals surface area contributed by atoms with Gasteiger partial charge >= 0.3 is 5.97 Å². The number of halogens is 1. The number of fused-ring (bicyclic) bond motifs is 1. The van der Waals surface area contributed by atoms with E-state index in [1.807, 2.05) is 0 Å². The smallest absolute Gasteiger partial charge is 0.306 e. The molecule has 1 heterocycles. The van der Waals surface area contributed by atoms with Gasteiger partial charge in [-0.1, -0.05) is 23.7 Å². The summed E-state index contributed by atoms with van der Waals surface area (Å²) in [6.45, 7) is 1.57. The highest BCUT2D eigenvalue weighted by atomic mass is 35.5. The molecule has 0 aromatic heterocycles. The molecule has 7 nitrogen and oxygen atoms in total. The molecule has 150 valence electrons. The van der Waals surface area contributed by atoms with Crippen molar-refractivity contribution in [2.75, 3.05) is 11.9 Å². The second kappa shape index (κ2) is 8.87. The van der Waals surface area contributed by atoms with Crippen LogP contribution in [-0.2, 0) is 14.3 Å². The number of esters is 1. The maximum absolute atomic E-state index is 12.3. The number of ether oxygens (including phenoxy) is 1. The molecule has 0 spiro atoms. The van der Waals surface area contributed by atoms with Crippen molar-refractivity contribution in [3.8, 4) is 0 Å². The van der Waals surface area contributed by atoms with Gasteiger partial charge in [-0.25, -0.2) is 0 Å². The van der Waals surface area contributed by atoms with Gasteiger partial charge in [0.2, 0.25) is 0 Å². The van der Waals surface area contributed by atoms with Crippen LogP contribution in [0.4, 0.5) is 5.69 Å². The Balaban J connectivity index is 1.44. The van der Waals surface area contributed by atoms with Gasteiger partial charge in [0.05, 0.1) is 11.1 Å². The number of amides is 3. The van der Waals surface area contributed by atoms with Crippen molar-refractivity contribution in [2.24, 2.45) is 0 Å². The van der Waals surface area contributed by atoms with E-state index in [0.717, 1.165) is 4.90 Å². The minimum absolute atomic E-state index is 0.0219. The first-order valence-electron chi connectivity index (χ1n) is 9.08. The first kappa shape index (κ1) is 20.5. The van der Waals surface area contributed by atoms with Crippen LogP contribution in [0.1, 0.15) is 40.5 Å². The largest absolute Gasteiger partial charge is 0.453 e. The summed E-state index contributed by atoms with van der Waals surface area (Å²) >= 11 is 5.79. The summed E-state index contributed by atoms with van der Waals surface area (Å²) in [5, 5.41) is 3.17. The van der Waals surface area contributed by atoms with Crippen molar-refractivity contribution in [3.63, 3.8) is 0 Å². The van der Waals surface area contributed by atoms with Gasteiger partial charge in [0.15, 0.2) is 6.10 Å². The van der Waals surface area contributed by atoms with Gasteiger partial charge in [0.25, 0.3) is 17.7 Å². The van der Waals surface area contributed by atoms with Crippen molar-refractivity contribution in [2.45, 2.75) is 25.9 Å². The van der Waals surface area contributed by atoms with Gasteiger partial charge in [0.1, 0.15) is 0 Å². The van der Waals surface area contributed by atoms with E-state index < -0.39 is 18.0 Å². The summed E-state index contributed by atoms with van der Waals surface area (Å²) in [5.41, 5.74) is 1.27. The Hall–Kier alpha value is -3.19. The first-order valence-corrected chi connectivity index (χ1v) is 9.46. The van der Waals surface area contributed by atoms with Crippen LogP contribution in [0.15, 0.2) is 48.5 Å². The minimum atomic E-state index is -0.988. The lowest BCUT2D eigenvalue weighted by Gasteiger charge is -2.15. The fraction of sp³-hybridized carbons (Fsp3) is 0.238. The number of carbonyl (C=O) groups is 4. The summed E-state index contributed by atoms with van der Waals surface area (Å²) in [7, 11) is 0. The quantitative estimate of drug-likeness (QED) is 0.554. The Kier molecular flexibility index (Phi) is 6.29. The monoisotopic (exact) mass is 414 g/mol. The highest BCUT2D eigenvalue weighted by Gasteiger charge is 2.34. The molecule has 29 heavy (non-hydrogen) atoms. The third-order valence-corrected chi connectivity index (χ3v) is 4.68. The number of carbonyl (C=O) groups excluding carboxylic acids is 4. The van der Waals surface area contributed by atoms with Crippen LogP contribution in [0.2, 0.25) is 5.02 Å². The topological polar surface area (TPSA) is 92.8 Å². The molecule has 0 radical (unpaired) electrons. The lowest BCUT2D eigenvalue weighted by molar-refractivity contribution is -0.153. The van der Waals surface area contributed by atoms with Gasteiger partial charge in [-0.15, -0.1) is 0 Å². The minimum Gasteiger partial charge on any atom is -0.453 e. The molecule has 1 N–H and O–H groups in total. The van der Waals surface area contributed by atoms with Crippen LogP contribution in [-0.4, -0.2) is 41.2 Å². The van der Waals surface area contributed by atoms with Gasteiger partial charge in [0, 0.05) is 23.7 Å². The maximum atomic E-state index is 12.3. The molecule has 0 bridgehead atoms. The lowest BCUT2D eigenvalue weighted by Crippen LogP contribution is -2.32. The Labute approximate surface area is 172 Å². The molecular weight excluding hydrogens is 396 g/mol. The van der Waals surface area contributed by atoms with Crippen LogP contribution in [0.3, 0.4) is 0 Å². The van der Waals surface area contributed by atoms with Crippen molar-refractivity contribution in [1.82, 2.24) is 4.90 Å². The summed E-state index contributed by atoms with van der Waals surface area (Å²) in [6.07, 6.45) is -0.764. The van der Waals surface area contributed by atoms with Crippen LogP contribution in [0.25, 0.3) is 0 Å². The zero-order chi connectivity index (χ0) is 21.0.